The van der Waals surface area contributed by atoms with Crippen molar-refractivity contribution in [3.8, 4) is 11.5 Å². The number of aryl methyl sites for hydroxylation is 1. The number of hydrogen-bond donors (Lipinski definition) is 1. The van der Waals surface area contributed by atoms with Crippen LogP contribution in [0.3, 0.4) is 0 Å². The molecule has 2 aromatic rings. The number of anilines is 1. The van der Waals surface area contributed by atoms with Crippen molar-refractivity contribution in [2.24, 2.45) is 7.05 Å². The predicted octanol–water partition coefficient (Wildman–Crippen LogP) is 0.985. The molecule has 0 spiro atoms. The molecule has 17 heavy (non-hydrogen) atoms. The summed E-state index contributed by atoms with van der Waals surface area (Å²) in [5, 5.41) is 7.74. The molecule has 0 aliphatic carbocycles. The number of benzene rings is 1. The van der Waals surface area contributed by atoms with Gasteiger partial charge in [0.15, 0.2) is 11.5 Å². The highest BCUT2D eigenvalue weighted by atomic mass is 16.5. The minimum Gasteiger partial charge on any atom is -0.493 e. The van der Waals surface area contributed by atoms with Crippen LogP contribution in [0.1, 0.15) is 5.69 Å². The molecule has 6 nitrogen and oxygen atoms in total. The van der Waals surface area contributed by atoms with Gasteiger partial charge in [-0.3, -0.25) is 4.68 Å². The Morgan fingerprint density at radius 1 is 1.35 bits per heavy atom. The third-order valence-electron chi connectivity index (χ3n) is 2.21. The van der Waals surface area contributed by atoms with Crippen LogP contribution in [0.25, 0.3) is 0 Å². The maximum Gasteiger partial charge on any atom is 0.163 e. The summed E-state index contributed by atoms with van der Waals surface area (Å²) in [6.07, 6.45) is 1.79. The Bertz CT molecular complexity index is 510. The summed E-state index contributed by atoms with van der Waals surface area (Å²) in [4.78, 5) is 0. The van der Waals surface area contributed by atoms with Crippen LogP contribution < -0.4 is 15.2 Å². The Balaban J connectivity index is 2.10. The van der Waals surface area contributed by atoms with Gasteiger partial charge in [0.2, 0.25) is 0 Å². The first-order chi connectivity index (χ1) is 8.19. The Kier molecular flexibility index (Phi) is 3.13. The number of nitrogens with two attached hydrogens (primary N) is 1. The van der Waals surface area contributed by atoms with E-state index in [9.17, 15) is 0 Å². The van der Waals surface area contributed by atoms with Crippen molar-refractivity contribution < 1.29 is 9.47 Å². The predicted molar refractivity (Wildman–Crippen MR) is 62.7 cm³/mol. The molecule has 0 radical (unpaired) electrons. The average molecular weight is 234 g/mol. The second-order valence-electron chi connectivity index (χ2n) is 3.58. The van der Waals surface area contributed by atoms with Crippen molar-refractivity contribution >= 4 is 5.69 Å². The highest BCUT2D eigenvalue weighted by molar-refractivity contribution is 5.51. The van der Waals surface area contributed by atoms with Crippen LogP contribution in [0.2, 0.25) is 0 Å². The molecule has 0 amide bonds. The highest BCUT2D eigenvalue weighted by Crippen LogP contribution is 2.29. The Morgan fingerprint density at radius 2 is 2.18 bits per heavy atom. The fraction of sp³-hybridized carbons (Fsp3) is 0.273. The number of nitrogen functional groups attached to an aromatic ring is 1. The second-order valence-corrected chi connectivity index (χ2v) is 3.58. The lowest BCUT2D eigenvalue weighted by atomic mass is 10.3. The molecule has 1 aromatic heterocycles. The summed E-state index contributed by atoms with van der Waals surface area (Å²) >= 11 is 0. The van der Waals surface area contributed by atoms with E-state index in [1.807, 2.05) is 0 Å². The molecular formula is C11H14N4O2. The van der Waals surface area contributed by atoms with Crippen molar-refractivity contribution in [2.75, 3.05) is 12.8 Å². The number of rotatable bonds is 4. The molecule has 0 fully saturated rings. The summed E-state index contributed by atoms with van der Waals surface area (Å²) in [5.41, 5.74) is 7.06. The largest absolute Gasteiger partial charge is 0.493 e. The minimum atomic E-state index is 0.327. The quantitative estimate of drug-likeness (QED) is 0.798. The fourth-order valence-corrected chi connectivity index (χ4v) is 1.42. The number of nitrogens with zero attached hydrogens (tertiary/aromatic N) is 3. The van der Waals surface area contributed by atoms with Crippen molar-refractivity contribution in [1.29, 1.82) is 0 Å². The zero-order valence-electron chi connectivity index (χ0n) is 9.75. The summed E-state index contributed by atoms with van der Waals surface area (Å²) in [6, 6.07) is 5.24. The third kappa shape index (κ3) is 2.66. The number of methoxy groups -OCH3 is 1. The molecule has 0 aliphatic heterocycles. The van der Waals surface area contributed by atoms with Crippen molar-refractivity contribution in [3.05, 3.63) is 30.1 Å². The number of hydrogen-bond acceptors (Lipinski definition) is 5. The molecule has 0 atom stereocenters. The van der Waals surface area contributed by atoms with E-state index in [2.05, 4.69) is 10.3 Å². The van der Waals surface area contributed by atoms with Crippen molar-refractivity contribution in [1.82, 2.24) is 15.0 Å². The minimum absolute atomic E-state index is 0.327. The van der Waals surface area contributed by atoms with Crippen LogP contribution in [0.4, 0.5) is 5.69 Å². The number of aromatic nitrogens is 3. The Hall–Kier alpha value is -2.24. The first-order valence-corrected chi connectivity index (χ1v) is 5.10. The maximum absolute atomic E-state index is 5.69. The van der Waals surface area contributed by atoms with E-state index in [-0.39, 0.29) is 0 Å². The second kappa shape index (κ2) is 4.73. The highest BCUT2D eigenvalue weighted by Gasteiger charge is 2.06. The van der Waals surface area contributed by atoms with Gasteiger partial charge in [-0.05, 0) is 12.1 Å². The molecule has 0 bridgehead atoms. The zero-order chi connectivity index (χ0) is 12.3. The normalized spacial score (nSPS) is 10.2. The van der Waals surface area contributed by atoms with Gasteiger partial charge >= 0.3 is 0 Å². The van der Waals surface area contributed by atoms with E-state index in [0.717, 1.165) is 5.69 Å². The van der Waals surface area contributed by atoms with E-state index in [1.165, 1.54) is 0 Å². The molecule has 2 rings (SSSR count). The van der Waals surface area contributed by atoms with Gasteiger partial charge in [0, 0.05) is 18.8 Å². The van der Waals surface area contributed by atoms with E-state index in [1.54, 1.807) is 43.2 Å². The van der Waals surface area contributed by atoms with Gasteiger partial charge in [-0.1, -0.05) is 5.21 Å². The van der Waals surface area contributed by atoms with Crippen molar-refractivity contribution in [3.63, 3.8) is 0 Å². The van der Waals surface area contributed by atoms with Gasteiger partial charge in [-0.15, -0.1) is 5.10 Å². The molecular weight excluding hydrogens is 220 g/mol. The summed E-state index contributed by atoms with van der Waals surface area (Å²) in [6.45, 7) is 0.327. The van der Waals surface area contributed by atoms with E-state index in [0.29, 0.717) is 23.8 Å². The van der Waals surface area contributed by atoms with Crippen LogP contribution >= 0.6 is 0 Å². The standard InChI is InChI=1S/C11H14N4O2/c1-15-6-9(13-14-15)7-17-11-5-8(12)3-4-10(11)16-2/h3-6H,7,12H2,1-2H3. The van der Waals surface area contributed by atoms with Crippen LogP contribution in [-0.4, -0.2) is 22.1 Å². The van der Waals surface area contributed by atoms with Gasteiger partial charge in [-0.25, -0.2) is 0 Å². The van der Waals surface area contributed by atoms with Crippen LogP contribution in [0.5, 0.6) is 11.5 Å². The lowest BCUT2D eigenvalue weighted by Crippen LogP contribution is -1.99. The van der Waals surface area contributed by atoms with Gasteiger partial charge in [-0.2, -0.15) is 0 Å². The van der Waals surface area contributed by atoms with Gasteiger partial charge < -0.3 is 15.2 Å². The molecule has 2 N–H and O–H groups in total. The summed E-state index contributed by atoms with van der Waals surface area (Å²) in [7, 11) is 3.39. The molecule has 0 unspecified atom stereocenters. The lowest BCUT2D eigenvalue weighted by molar-refractivity contribution is 0.281. The van der Waals surface area contributed by atoms with Gasteiger partial charge in [0.1, 0.15) is 12.3 Å². The Morgan fingerprint density at radius 3 is 2.82 bits per heavy atom. The lowest BCUT2D eigenvalue weighted by Gasteiger charge is -2.09. The summed E-state index contributed by atoms with van der Waals surface area (Å²) in [5.74, 6) is 1.24. The van der Waals surface area contributed by atoms with Gasteiger partial charge in [0.25, 0.3) is 0 Å². The molecule has 0 saturated heterocycles. The summed E-state index contributed by atoms with van der Waals surface area (Å²) < 4.78 is 12.4. The molecule has 1 aromatic carbocycles. The SMILES string of the molecule is COc1ccc(N)cc1OCc1cn(C)nn1. The topological polar surface area (TPSA) is 75.2 Å². The number of ether oxygens (including phenoxy) is 2. The van der Waals surface area contributed by atoms with E-state index < -0.39 is 0 Å². The first-order valence-electron chi connectivity index (χ1n) is 5.10. The van der Waals surface area contributed by atoms with Crippen LogP contribution in [0, 0.1) is 0 Å². The zero-order valence-corrected chi connectivity index (χ0v) is 9.75. The first kappa shape index (κ1) is 11.3. The maximum atomic E-state index is 5.69. The Labute approximate surface area is 98.9 Å². The average Bonchev–Trinajstić information content (AvgIpc) is 2.73. The molecule has 1 heterocycles. The molecule has 6 heteroatoms. The van der Waals surface area contributed by atoms with Crippen LogP contribution in [-0.2, 0) is 13.7 Å². The van der Waals surface area contributed by atoms with E-state index in [4.69, 9.17) is 15.2 Å². The molecule has 90 valence electrons. The van der Waals surface area contributed by atoms with Crippen molar-refractivity contribution in [2.45, 2.75) is 6.61 Å². The molecule has 0 saturated carbocycles. The monoisotopic (exact) mass is 234 g/mol. The van der Waals surface area contributed by atoms with Gasteiger partial charge in [0.05, 0.1) is 13.3 Å². The molecule has 0 aliphatic rings. The fourth-order valence-electron chi connectivity index (χ4n) is 1.42. The van der Waals surface area contributed by atoms with E-state index >= 15 is 0 Å². The van der Waals surface area contributed by atoms with Crippen LogP contribution in [0.15, 0.2) is 24.4 Å². The third-order valence-corrected chi connectivity index (χ3v) is 2.21. The smallest absolute Gasteiger partial charge is 0.163 e.